The van der Waals surface area contributed by atoms with Gasteiger partial charge in [-0.3, -0.25) is 4.79 Å². The van der Waals surface area contributed by atoms with E-state index >= 15 is 0 Å². The Morgan fingerprint density at radius 2 is 1.24 bits per heavy atom. The predicted molar refractivity (Wildman–Crippen MR) is 128 cm³/mol. The lowest BCUT2D eigenvalue weighted by molar-refractivity contribution is -0.142. The average Bonchev–Trinajstić information content (AvgIpc) is 2.86. The summed E-state index contributed by atoms with van der Waals surface area (Å²) in [4.78, 5) is 37.3. The molecular formula is C27H28N2O5. The zero-order valence-corrected chi connectivity index (χ0v) is 18.7. The number of rotatable bonds is 11. The van der Waals surface area contributed by atoms with Gasteiger partial charge in [0.15, 0.2) is 0 Å². The normalized spacial score (nSPS) is 12.2. The maximum atomic E-state index is 13.0. The second kappa shape index (κ2) is 12.8. The number of amides is 2. The number of nitrogens with one attached hydrogen (secondary N) is 2. The Bertz CT molecular complexity index is 1060. The molecular weight excluding hydrogens is 432 g/mol. The van der Waals surface area contributed by atoms with Crippen molar-refractivity contribution in [3.63, 3.8) is 0 Å². The van der Waals surface area contributed by atoms with Gasteiger partial charge in [0.05, 0.1) is 0 Å². The number of ether oxygens (including phenoxy) is 1. The van der Waals surface area contributed by atoms with Crippen LogP contribution in [0.3, 0.4) is 0 Å². The van der Waals surface area contributed by atoms with E-state index < -0.39 is 30.1 Å². The molecule has 0 radical (unpaired) electrons. The maximum Gasteiger partial charge on any atom is 0.408 e. The van der Waals surface area contributed by atoms with Gasteiger partial charge in [-0.05, 0) is 29.5 Å². The molecule has 0 spiro atoms. The van der Waals surface area contributed by atoms with Gasteiger partial charge in [-0.25, -0.2) is 9.59 Å². The highest BCUT2D eigenvalue weighted by Crippen LogP contribution is 2.08. The van der Waals surface area contributed by atoms with Gasteiger partial charge in [0.2, 0.25) is 5.91 Å². The van der Waals surface area contributed by atoms with Crippen LogP contribution in [0.4, 0.5) is 4.79 Å². The van der Waals surface area contributed by atoms with Crippen LogP contribution in [0, 0.1) is 0 Å². The standard InChI is InChI=1S/C27H28N2O5/c30-25(28-23(26(31)32)17-16-20-10-4-1-5-11-20)24(18-21-12-6-2-7-13-21)29-27(33)34-19-22-14-8-3-9-15-22/h1-15,23-24H,16-19H2,(H,28,30)(H,29,33)(H,31,32)/t23-,24-/m0/s1. The predicted octanol–water partition coefficient (Wildman–Crippen LogP) is 3.73. The van der Waals surface area contributed by atoms with E-state index in [1.54, 1.807) is 0 Å². The first kappa shape index (κ1) is 24.5. The third-order valence-corrected chi connectivity index (χ3v) is 5.28. The minimum absolute atomic E-state index is 0.0567. The van der Waals surface area contributed by atoms with Crippen LogP contribution in [0.2, 0.25) is 0 Å². The Kier molecular flexibility index (Phi) is 9.22. The fourth-order valence-electron chi connectivity index (χ4n) is 3.45. The maximum absolute atomic E-state index is 13.0. The van der Waals surface area contributed by atoms with E-state index in [-0.39, 0.29) is 19.4 Å². The third kappa shape index (κ3) is 8.09. The zero-order chi connectivity index (χ0) is 24.2. The summed E-state index contributed by atoms with van der Waals surface area (Å²) in [5.74, 6) is -1.71. The number of hydrogen-bond donors (Lipinski definition) is 3. The molecule has 0 saturated heterocycles. The molecule has 2 atom stereocenters. The summed E-state index contributed by atoms with van der Waals surface area (Å²) in [6.45, 7) is 0.0567. The molecule has 0 heterocycles. The molecule has 0 aliphatic heterocycles. The number of carbonyl (C=O) groups is 3. The second-order valence-corrected chi connectivity index (χ2v) is 7.87. The fraction of sp³-hybridized carbons (Fsp3) is 0.222. The van der Waals surface area contributed by atoms with Crippen molar-refractivity contribution in [3.8, 4) is 0 Å². The minimum Gasteiger partial charge on any atom is -0.480 e. The van der Waals surface area contributed by atoms with Gasteiger partial charge in [-0.2, -0.15) is 0 Å². The lowest BCUT2D eigenvalue weighted by Gasteiger charge is -2.21. The smallest absolute Gasteiger partial charge is 0.408 e. The second-order valence-electron chi connectivity index (χ2n) is 7.87. The average molecular weight is 461 g/mol. The molecule has 0 saturated carbocycles. The van der Waals surface area contributed by atoms with E-state index in [0.717, 1.165) is 16.7 Å². The van der Waals surface area contributed by atoms with Crippen LogP contribution in [0.1, 0.15) is 23.1 Å². The van der Waals surface area contributed by atoms with Crippen molar-refractivity contribution in [2.24, 2.45) is 0 Å². The summed E-state index contributed by atoms with van der Waals surface area (Å²) in [6.07, 6.45) is 0.157. The summed E-state index contributed by atoms with van der Waals surface area (Å²) >= 11 is 0. The highest BCUT2D eigenvalue weighted by atomic mass is 16.5. The summed E-state index contributed by atoms with van der Waals surface area (Å²) in [5, 5.41) is 14.8. The van der Waals surface area contributed by atoms with Crippen LogP contribution >= 0.6 is 0 Å². The lowest BCUT2D eigenvalue weighted by atomic mass is 10.0. The number of alkyl carbamates (subject to hydrolysis) is 1. The molecule has 176 valence electrons. The molecule has 2 amide bonds. The van der Waals surface area contributed by atoms with Crippen molar-refractivity contribution in [1.82, 2.24) is 10.6 Å². The van der Waals surface area contributed by atoms with Crippen molar-refractivity contribution in [2.45, 2.75) is 38.0 Å². The van der Waals surface area contributed by atoms with Gasteiger partial charge < -0.3 is 20.5 Å². The molecule has 3 aromatic carbocycles. The molecule has 7 heteroatoms. The van der Waals surface area contributed by atoms with Gasteiger partial charge in [0.25, 0.3) is 0 Å². The number of carbonyl (C=O) groups excluding carboxylic acids is 2. The third-order valence-electron chi connectivity index (χ3n) is 5.28. The van der Waals surface area contributed by atoms with Crippen molar-refractivity contribution in [3.05, 3.63) is 108 Å². The minimum atomic E-state index is -1.13. The molecule has 7 nitrogen and oxygen atoms in total. The molecule has 3 rings (SSSR count). The van der Waals surface area contributed by atoms with Crippen LogP contribution in [0.25, 0.3) is 0 Å². The molecule has 0 bridgehead atoms. The van der Waals surface area contributed by atoms with Crippen LogP contribution in [0.15, 0.2) is 91.0 Å². The van der Waals surface area contributed by atoms with E-state index in [9.17, 15) is 19.5 Å². The molecule has 0 unspecified atom stereocenters. The highest BCUT2D eigenvalue weighted by molar-refractivity contribution is 5.89. The number of carboxylic acids is 1. The number of aryl methyl sites for hydroxylation is 1. The van der Waals surface area contributed by atoms with Gasteiger partial charge in [0.1, 0.15) is 18.7 Å². The van der Waals surface area contributed by atoms with Gasteiger partial charge >= 0.3 is 12.1 Å². The van der Waals surface area contributed by atoms with Crippen LogP contribution in [-0.2, 0) is 33.8 Å². The summed E-state index contributed by atoms with van der Waals surface area (Å²) in [5.41, 5.74) is 2.61. The van der Waals surface area contributed by atoms with E-state index in [4.69, 9.17) is 4.74 Å². The highest BCUT2D eigenvalue weighted by Gasteiger charge is 2.27. The van der Waals surface area contributed by atoms with Gasteiger partial charge in [-0.15, -0.1) is 0 Å². The van der Waals surface area contributed by atoms with Crippen LogP contribution < -0.4 is 10.6 Å². The first-order valence-corrected chi connectivity index (χ1v) is 11.1. The number of hydrogen-bond acceptors (Lipinski definition) is 4. The molecule has 3 aromatic rings. The van der Waals surface area contributed by atoms with Crippen molar-refractivity contribution in [1.29, 1.82) is 0 Å². The Balaban J connectivity index is 1.64. The Labute approximate surface area is 198 Å². The SMILES string of the molecule is O=C(N[C@@H](Cc1ccccc1)C(=O)N[C@@H](CCc1ccccc1)C(=O)O)OCc1ccccc1. The van der Waals surface area contributed by atoms with Gasteiger partial charge in [-0.1, -0.05) is 91.0 Å². The van der Waals surface area contributed by atoms with E-state index in [1.165, 1.54) is 0 Å². The summed E-state index contributed by atoms with van der Waals surface area (Å²) < 4.78 is 5.26. The number of benzene rings is 3. The van der Waals surface area contributed by atoms with Crippen LogP contribution in [-0.4, -0.2) is 35.2 Å². The quantitative estimate of drug-likeness (QED) is 0.405. The van der Waals surface area contributed by atoms with Crippen molar-refractivity contribution in [2.75, 3.05) is 0 Å². The van der Waals surface area contributed by atoms with Crippen LogP contribution in [0.5, 0.6) is 0 Å². The Morgan fingerprint density at radius 3 is 1.79 bits per heavy atom. The molecule has 0 aliphatic carbocycles. The first-order valence-electron chi connectivity index (χ1n) is 11.1. The zero-order valence-electron chi connectivity index (χ0n) is 18.7. The van der Waals surface area contributed by atoms with E-state index in [1.807, 2.05) is 91.0 Å². The molecule has 0 aliphatic rings. The summed E-state index contributed by atoms with van der Waals surface area (Å²) in [6, 6.07) is 25.7. The number of carboxylic acid groups (broad SMARTS) is 1. The Morgan fingerprint density at radius 1 is 0.706 bits per heavy atom. The molecule has 0 aromatic heterocycles. The Hall–Kier alpha value is -4.13. The fourth-order valence-corrected chi connectivity index (χ4v) is 3.45. The summed E-state index contributed by atoms with van der Waals surface area (Å²) in [7, 11) is 0. The lowest BCUT2D eigenvalue weighted by Crippen LogP contribution is -2.52. The van der Waals surface area contributed by atoms with Gasteiger partial charge in [0, 0.05) is 6.42 Å². The van der Waals surface area contributed by atoms with E-state index in [0.29, 0.717) is 6.42 Å². The van der Waals surface area contributed by atoms with E-state index in [2.05, 4.69) is 10.6 Å². The van der Waals surface area contributed by atoms with Crippen molar-refractivity contribution >= 4 is 18.0 Å². The number of aliphatic carboxylic acids is 1. The largest absolute Gasteiger partial charge is 0.480 e. The molecule has 34 heavy (non-hydrogen) atoms. The topological polar surface area (TPSA) is 105 Å². The molecule has 3 N–H and O–H groups in total. The molecule has 0 fully saturated rings. The first-order chi connectivity index (χ1) is 16.5. The van der Waals surface area contributed by atoms with Crippen molar-refractivity contribution < 1.29 is 24.2 Å². The monoisotopic (exact) mass is 460 g/mol.